The molecular weight excluding hydrogens is 260 g/mol. The highest BCUT2D eigenvalue weighted by molar-refractivity contribution is 5.75. The highest BCUT2D eigenvalue weighted by Gasteiger charge is 2.00. The molecule has 0 aliphatic rings. The Hall–Kier alpha value is -0.570. The molecule has 3 heteroatoms. The SMILES string of the molecule is CCCCCCCCCCCCCC(=O)NCCN(C)C. The van der Waals surface area contributed by atoms with Crippen LogP contribution in [0.3, 0.4) is 0 Å². The highest BCUT2D eigenvalue weighted by atomic mass is 16.1. The van der Waals surface area contributed by atoms with Crippen LogP contribution in [0.1, 0.15) is 84.0 Å². The molecule has 0 aromatic carbocycles. The first kappa shape index (κ1) is 20.4. The minimum absolute atomic E-state index is 0.216. The molecule has 0 rings (SSSR count). The van der Waals surface area contributed by atoms with E-state index in [0.29, 0.717) is 6.42 Å². The summed E-state index contributed by atoms with van der Waals surface area (Å²) in [6.45, 7) is 3.95. The molecule has 0 aliphatic heterocycles. The first-order valence-electron chi connectivity index (χ1n) is 9.08. The van der Waals surface area contributed by atoms with Crippen molar-refractivity contribution in [2.45, 2.75) is 84.0 Å². The Labute approximate surface area is 132 Å². The molecule has 0 aromatic rings. The van der Waals surface area contributed by atoms with Crippen LogP contribution in [0.4, 0.5) is 0 Å². The van der Waals surface area contributed by atoms with Crippen molar-refractivity contribution in [2.24, 2.45) is 0 Å². The van der Waals surface area contributed by atoms with Crippen molar-refractivity contribution >= 4 is 5.91 Å². The van der Waals surface area contributed by atoms with Crippen LogP contribution in [0.25, 0.3) is 0 Å². The third-order valence-corrected chi connectivity index (χ3v) is 3.89. The molecule has 0 saturated carbocycles. The Kier molecular flexibility index (Phi) is 15.4. The van der Waals surface area contributed by atoms with Crippen molar-refractivity contribution in [3.63, 3.8) is 0 Å². The highest BCUT2D eigenvalue weighted by Crippen LogP contribution is 2.11. The van der Waals surface area contributed by atoms with Crippen molar-refractivity contribution < 1.29 is 4.79 Å². The molecule has 0 fully saturated rings. The van der Waals surface area contributed by atoms with Gasteiger partial charge in [0.15, 0.2) is 0 Å². The number of hydrogen-bond acceptors (Lipinski definition) is 2. The summed E-state index contributed by atoms with van der Waals surface area (Å²) in [6, 6.07) is 0. The van der Waals surface area contributed by atoms with Gasteiger partial charge >= 0.3 is 0 Å². The lowest BCUT2D eigenvalue weighted by Crippen LogP contribution is -2.31. The lowest BCUT2D eigenvalue weighted by molar-refractivity contribution is -0.121. The zero-order valence-electron chi connectivity index (χ0n) is 14.8. The summed E-state index contributed by atoms with van der Waals surface area (Å²) in [6.07, 6.45) is 15.3. The van der Waals surface area contributed by atoms with Gasteiger partial charge in [-0.1, -0.05) is 71.1 Å². The van der Waals surface area contributed by atoms with Crippen LogP contribution in [0.5, 0.6) is 0 Å². The molecule has 1 N–H and O–H groups in total. The zero-order chi connectivity index (χ0) is 15.8. The van der Waals surface area contributed by atoms with E-state index in [2.05, 4.69) is 17.1 Å². The third-order valence-electron chi connectivity index (χ3n) is 3.89. The maximum Gasteiger partial charge on any atom is 0.220 e. The van der Waals surface area contributed by atoms with Crippen LogP contribution < -0.4 is 5.32 Å². The summed E-state index contributed by atoms with van der Waals surface area (Å²) < 4.78 is 0. The minimum atomic E-state index is 0.216. The Balaban J connectivity index is 3.12. The topological polar surface area (TPSA) is 32.3 Å². The Bertz CT molecular complexity index is 229. The lowest BCUT2D eigenvalue weighted by Gasteiger charge is -2.10. The first-order chi connectivity index (χ1) is 10.2. The third kappa shape index (κ3) is 17.4. The van der Waals surface area contributed by atoms with E-state index in [4.69, 9.17) is 0 Å². The predicted molar refractivity (Wildman–Crippen MR) is 92.6 cm³/mol. The Morgan fingerprint density at radius 3 is 1.76 bits per heavy atom. The predicted octanol–water partition coefficient (Wildman–Crippen LogP) is 4.37. The van der Waals surface area contributed by atoms with Gasteiger partial charge in [-0.15, -0.1) is 0 Å². The monoisotopic (exact) mass is 298 g/mol. The van der Waals surface area contributed by atoms with E-state index in [1.165, 1.54) is 64.2 Å². The van der Waals surface area contributed by atoms with Gasteiger partial charge in [0.25, 0.3) is 0 Å². The summed E-state index contributed by atoms with van der Waals surface area (Å²) in [5.74, 6) is 0.216. The molecule has 1 amide bonds. The summed E-state index contributed by atoms with van der Waals surface area (Å²) in [4.78, 5) is 13.6. The van der Waals surface area contributed by atoms with Crippen LogP contribution in [0, 0.1) is 0 Å². The summed E-state index contributed by atoms with van der Waals surface area (Å²) >= 11 is 0. The molecule has 0 aromatic heterocycles. The molecule has 0 aliphatic carbocycles. The van der Waals surface area contributed by atoms with Gasteiger partial charge in [-0.25, -0.2) is 0 Å². The molecule has 0 bridgehead atoms. The average molecular weight is 299 g/mol. The number of hydrogen-bond donors (Lipinski definition) is 1. The molecule has 0 saturated heterocycles. The van der Waals surface area contributed by atoms with E-state index in [1.807, 2.05) is 14.1 Å². The normalized spacial score (nSPS) is 11.0. The second kappa shape index (κ2) is 15.8. The summed E-state index contributed by atoms with van der Waals surface area (Å²) in [5, 5.41) is 2.97. The number of amides is 1. The molecule has 0 unspecified atom stereocenters. The lowest BCUT2D eigenvalue weighted by atomic mass is 10.1. The maximum atomic E-state index is 11.6. The van der Waals surface area contributed by atoms with E-state index in [0.717, 1.165) is 19.5 Å². The maximum absolute atomic E-state index is 11.6. The quantitative estimate of drug-likeness (QED) is 0.455. The van der Waals surface area contributed by atoms with Gasteiger partial charge in [0.05, 0.1) is 0 Å². The van der Waals surface area contributed by atoms with Gasteiger partial charge in [0.2, 0.25) is 5.91 Å². The molecule has 0 spiro atoms. The van der Waals surface area contributed by atoms with E-state index >= 15 is 0 Å². The number of nitrogens with zero attached hydrogens (tertiary/aromatic N) is 1. The van der Waals surface area contributed by atoms with E-state index in [-0.39, 0.29) is 5.91 Å². The van der Waals surface area contributed by atoms with Crippen LogP contribution in [-0.4, -0.2) is 38.0 Å². The smallest absolute Gasteiger partial charge is 0.220 e. The first-order valence-corrected chi connectivity index (χ1v) is 9.08. The molecule has 0 radical (unpaired) electrons. The molecule has 21 heavy (non-hydrogen) atoms. The van der Waals surface area contributed by atoms with Gasteiger partial charge in [-0.05, 0) is 20.5 Å². The minimum Gasteiger partial charge on any atom is -0.355 e. The second-order valence-electron chi connectivity index (χ2n) is 6.44. The van der Waals surface area contributed by atoms with E-state index in [9.17, 15) is 4.79 Å². The van der Waals surface area contributed by atoms with Gasteiger partial charge in [-0.3, -0.25) is 4.79 Å². The fraction of sp³-hybridized carbons (Fsp3) is 0.944. The number of unbranched alkanes of at least 4 members (excludes halogenated alkanes) is 10. The largest absolute Gasteiger partial charge is 0.355 e. The van der Waals surface area contributed by atoms with Crippen LogP contribution in [0.2, 0.25) is 0 Å². The fourth-order valence-corrected chi connectivity index (χ4v) is 2.46. The van der Waals surface area contributed by atoms with Crippen molar-refractivity contribution in [1.29, 1.82) is 0 Å². The fourth-order valence-electron chi connectivity index (χ4n) is 2.46. The Morgan fingerprint density at radius 2 is 1.29 bits per heavy atom. The van der Waals surface area contributed by atoms with Crippen LogP contribution in [0.15, 0.2) is 0 Å². The molecule has 126 valence electrons. The van der Waals surface area contributed by atoms with Crippen molar-refractivity contribution in [3.05, 3.63) is 0 Å². The summed E-state index contributed by atoms with van der Waals surface area (Å²) in [5.41, 5.74) is 0. The van der Waals surface area contributed by atoms with Gasteiger partial charge in [-0.2, -0.15) is 0 Å². The van der Waals surface area contributed by atoms with Gasteiger partial charge in [0.1, 0.15) is 0 Å². The molecule has 0 heterocycles. The molecular formula is C18H38N2O. The number of rotatable bonds is 15. The number of nitrogens with one attached hydrogen (secondary N) is 1. The molecule has 0 atom stereocenters. The number of carbonyl (C=O) groups excluding carboxylic acids is 1. The van der Waals surface area contributed by atoms with Crippen LogP contribution >= 0.6 is 0 Å². The van der Waals surface area contributed by atoms with Gasteiger partial charge < -0.3 is 10.2 Å². The number of likely N-dealkylation sites (N-methyl/N-ethyl adjacent to an activating group) is 1. The van der Waals surface area contributed by atoms with Crippen LogP contribution in [-0.2, 0) is 4.79 Å². The zero-order valence-corrected chi connectivity index (χ0v) is 14.8. The number of carbonyl (C=O) groups is 1. The summed E-state index contributed by atoms with van der Waals surface area (Å²) in [7, 11) is 4.05. The second-order valence-corrected chi connectivity index (χ2v) is 6.44. The van der Waals surface area contributed by atoms with Gasteiger partial charge in [0, 0.05) is 19.5 Å². The Morgan fingerprint density at radius 1 is 0.810 bits per heavy atom. The van der Waals surface area contributed by atoms with Crippen molar-refractivity contribution in [2.75, 3.05) is 27.2 Å². The molecule has 3 nitrogen and oxygen atoms in total. The standard InChI is InChI=1S/C18H38N2O/c1-4-5-6-7-8-9-10-11-12-13-14-15-18(21)19-16-17-20(2)3/h4-17H2,1-3H3,(H,19,21). The van der Waals surface area contributed by atoms with Crippen molar-refractivity contribution in [1.82, 2.24) is 10.2 Å². The van der Waals surface area contributed by atoms with E-state index < -0.39 is 0 Å². The average Bonchev–Trinajstić information content (AvgIpc) is 2.44. The van der Waals surface area contributed by atoms with Crippen molar-refractivity contribution in [3.8, 4) is 0 Å². The van der Waals surface area contributed by atoms with E-state index in [1.54, 1.807) is 0 Å².